The van der Waals surface area contributed by atoms with Gasteiger partial charge < -0.3 is 15.2 Å². The van der Waals surface area contributed by atoms with E-state index in [4.69, 9.17) is 4.74 Å². The molecular formula is C14H15N3O2. The van der Waals surface area contributed by atoms with Gasteiger partial charge in [-0.25, -0.2) is 9.97 Å². The molecule has 0 radical (unpaired) electrons. The second-order valence-electron chi connectivity index (χ2n) is 4.66. The molecule has 1 saturated heterocycles. The smallest absolute Gasteiger partial charge is 0.164 e. The molecule has 1 fully saturated rings. The molecule has 1 aromatic carbocycles. The molecule has 3 rings (SSSR count). The van der Waals surface area contributed by atoms with E-state index in [9.17, 15) is 5.11 Å². The van der Waals surface area contributed by atoms with Crippen molar-refractivity contribution in [1.29, 1.82) is 0 Å². The molecule has 98 valence electrons. The zero-order chi connectivity index (χ0) is 13.1. The third-order valence-corrected chi connectivity index (χ3v) is 3.07. The number of rotatable bonds is 4. The molecule has 0 aliphatic carbocycles. The van der Waals surface area contributed by atoms with Gasteiger partial charge in [0, 0.05) is 12.5 Å². The zero-order valence-electron chi connectivity index (χ0n) is 10.4. The minimum absolute atomic E-state index is 0.174. The first-order chi connectivity index (χ1) is 9.29. The van der Waals surface area contributed by atoms with Gasteiger partial charge in [-0.15, -0.1) is 0 Å². The highest BCUT2D eigenvalue weighted by molar-refractivity contribution is 5.34. The number of phenols is 1. The summed E-state index contributed by atoms with van der Waals surface area (Å²) < 4.78 is 5.56. The number of ether oxygens (including phenoxy) is 1. The highest BCUT2D eigenvalue weighted by Crippen LogP contribution is 2.23. The van der Waals surface area contributed by atoms with Gasteiger partial charge in [0.05, 0.1) is 12.4 Å². The quantitative estimate of drug-likeness (QED) is 0.873. The topological polar surface area (TPSA) is 67.3 Å². The molecule has 0 spiro atoms. The van der Waals surface area contributed by atoms with E-state index in [-0.39, 0.29) is 5.75 Å². The number of hydrogen-bond acceptors (Lipinski definition) is 5. The second-order valence-corrected chi connectivity index (χ2v) is 4.66. The van der Waals surface area contributed by atoms with E-state index in [1.165, 1.54) is 0 Å². The van der Waals surface area contributed by atoms with Gasteiger partial charge in [0.15, 0.2) is 5.75 Å². The van der Waals surface area contributed by atoms with Crippen LogP contribution in [-0.4, -0.2) is 28.2 Å². The number of nitrogens with zero attached hydrogens (tertiary/aromatic N) is 2. The summed E-state index contributed by atoms with van der Waals surface area (Å²) in [7, 11) is 0. The highest BCUT2D eigenvalue weighted by Gasteiger charge is 2.18. The fourth-order valence-corrected chi connectivity index (χ4v) is 1.94. The maximum absolute atomic E-state index is 9.35. The van der Waals surface area contributed by atoms with Crippen LogP contribution < -0.4 is 10.1 Å². The summed E-state index contributed by atoms with van der Waals surface area (Å²) in [5, 5.41) is 12.6. The summed E-state index contributed by atoms with van der Waals surface area (Å²) in [5.74, 6) is 2.81. The van der Waals surface area contributed by atoms with Gasteiger partial charge in [-0.05, 0) is 31.1 Å². The highest BCUT2D eigenvalue weighted by atomic mass is 16.5. The van der Waals surface area contributed by atoms with Gasteiger partial charge in [0.2, 0.25) is 0 Å². The number of phenolic OH excluding ortho intramolecular Hbond substituents is 1. The molecule has 1 aliphatic heterocycles. The molecule has 0 amide bonds. The van der Waals surface area contributed by atoms with Crippen molar-refractivity contribution < 1.29 is 9.84 Å². The zero-order valence-corrected chi connectivity index (χ0v) is 10.4. The van der Waals surface area contributed by atoms with Crippen LogP contribution in [0.5, 0.6) is 17.2 Å². The van der Waals surface area contributed by atoms with Gasteiger partial charge in [-0.2, -0.15) is 0 Å². The van der Waals surface area contributed by atoms with E-state index >= 15 is 0 Å². The van der Waals surface area contributed by atoms with Crippen molar-refractivity contribution in [3.8, 4) is 17.2 Å². The summed E-state index contributed by atoms with van der Waals surface area (Å²) in [5.41, 5.74) is 0. The van der Waals surface area contributed by atoms with E-state index in [1.807, 2.05) is 0 Å². The Kier molecular flexibility index (Phi) is 3.29. The van der Waals surface area contributed by atoms with E-state index in [1.54, 1.807) is 36.7 Å². The van der Waals surface area contributed by atoms with E-state index in [2.05, 4.69) is 15.3 Å². The van der Waals surface area contributed by atoms with Crippen LogP contribution in [0.15, 0.2) is 36.7 Å². The molecule has 2 heterocycles. The summed E-state index contributed by atoms with van der Waals surface area (Å²) in [6.07, 6.45) is 4.23. The first-order valence-corrected chi connectivity index (χ1v) is 6.28. The molecule has 1 aromatic heterocycles. The van der Waals surface area contributed by atoms with Crippen LogP contribution in [0, 0.1) is 5.92 Å². The van der Waals surface area contributed by atoms with Gasteiger partial charge in [-0.1, -0.05) is 6.07 Å². The second kappa shape index (κ2) is 5.24. The molecule has 5 heteroatoms. The van der Waals surface area contributed by atoms with Crippen LogP contribution in [0.25, 0.3) is 0 Å². The molecule has 5 nitrogen and oxygen atoms in total. The monoisotopic (exact) mass is 257 g/mol. The van der Waals surface area contributed by atoms with Crippen molar-refractivity contribution in [2.45, 2.75) is 6.42 Å². The third kappa shape index (κ3) is 3.00. The Labute approximate surface area is 111 Å². The van der Waals surface area contributed by atoms with Crippen molar-refractivity contribution >= 4 is 0 Å². The third-order valence-electron chi connectivity index (χ3n) is 3.07. The predicted molar refractivity (Wildman–Crippen MR) is 70.3 cm³/mol. The fourth-order valence-electron chi connectivity index (χ4n) is 1.94. The van der Waals surface area contributed by atoms with Crippen LogP contribution in [0.2, 0.25) is 0 Å². The Morgan fingerprint density at radius 3 is 2.63 bits per heavy atom. The van der Waals surface area contributed by atoms with Crippen molar-refractivity contribution in [1.82, 2.24) is 15.3 Å². The fraction of sp³-hybridized carbons (Fsp3) is 0.286. The molecule has 19 heavy (non-hydrogen) atoms. The Bertz CT molecular complexity index is 553. The normalized spacial score (nSPS) is 14.9. The Balaban J connectivity index is 1.65. The van der Waals surface area contributed by atoms with Crippen LogP contribution in [0.4, 0.5) is 0 Å². The van der Waals surface area contributed by atoms with Gasteiger partial charge in [0.25, 0.3) is 0 Å². The first kappa shape index (κ1) is 11.9. The average Bonchev–Trinajstić information content (AvgIpc) is 2.36. The predicted octanol–water partition coefficient (Wildman–Crippen LogP) is 1.74. The Morgan fingerprint density at radius 1 is 1.21 bits per heavy atom. The lowest BCUT2D eigenvalue weighted by molar-refractivity contribution is 0.340. The van der Waals surface area contributed by atoms with Gasteiger partial charge in [-0.3, -0.25) is 0 Å². The lowest BCUT2D eigenvalue weighted by Crippen LogP contribution is -2.43. The van der Waals surface area contributed by atoms with Gasteiger partial charge >= 0.3 is 0 Å². The van der Waals surface area contributed by atoms with Gasteiger partial charge in [0.1, 0.15) is 17.3 Å². The maximum atomic E-state index is 9.35. The summed E-state index contributed by atoms with van der Waals surface area (Å²) in [6, 6.07) is 6.64. The number of benzene rings is 1. The first-order valence-electron chi connectivity index (χ1n) is 6.28. The van der Waals surface area contributed by atoms with Crippen molar-refractivity contribution in [2.75, 3.05) is 13.1 Å². The average molecular weight is 257 g/mol. The molecule has 0 bridgehead atoms. The minimum atomic E-state index is 0.174. The SMILES string of the molecule is Oc1cccc(Oc2cnc(CC3CNC3)nc2)c1. The molecule has 0 saturated carbocycles. The summed E-state index contributed by atoms with van der Waals surface area (Å²) in [4.78, 5) is 8.59. The van der Waals surface area contributed by atoms with Crippen LogP contribution >= 0.6 is 0 Å². The summed E-state index contributed by atoms with van der Waals surface area (Å²) in [6.45, 7) is 2.09. The van der Waals surface area contributed by atoms with Crippen LogP contribution in [0.3, 0.4) is 0 Å². The standard InChI is InChI=1S/C14H15N3O2/c18-11-2-1-3-12(5-11)19-13-8-16-14(17-9-13)4-10-6-15-7-10/h1-3,5,8-10,15,18H,4,6-7H2. The van der Waals surface area contributed by atoms with Crippen LogP contribution in [0.1, 0.15) is 5.82 Å². The largest absolute Gasteiger partial charge is 0.508 e. The number of aromatic nitrogens is 2. The maximum Gasteiger partial charge on any atom is 0.164 e. The Morgan fingerprint density at radius 2 is 2.00 bits per heavy atom. The van der Waals surface area contributed by atoms with Crippen molar-refractivity contribution in [3.63, 3.8) is 0 Å². The van der Waals surface area contributed by atoms with E-state index < -0.39 is 0 Å². The van der Waals surface area contributed by atoms with Crippen molar-refractivity contribution in [3.05, 3.63) is 42.5 Å². The molecule has 0 atom stereocenters. The Hall–Kier alpha value is -2.14. The number of hydrogen-bond donors (Lipinski definition) is 2. The number of aromatic hydroxyl groups is 1. The van der Waals surface area contributed by atoms with Crippen molar-refractivity contribution in [2.24, 2.45) is 5.92 Å². The molecule has 0 unspecified atom stereocenters. The number of nitrogens with one attached hydrogen (secondary N) is 1. The van der Waals surface area contributed by atoms with E-state index in [0.717, 1.165) is 25.3 Å². The molecule has 1 aliphatic rings. The summed E-state index contributed by atoms with van der Waals surface area (Å²) >= 11 is 0. The van der Waals surface area contributed by atoms with E-state index in [0.29, 0.717) is 17.4 Å². The molecule has 2 aromatic rings. The molecular weight excluding hydrogens is 242 g/mol. The minimum Gasteiger partial charge on any atom is -0.508 e. The lowest BCUT2D eigenvalue weighted by atomic mass is 9.99. The van der Waals surface area contributed by atoms with Crippen LogP contribution in [-0.2, 0) is 6.42 Å². The molecule has 2 N–H and O–H groups in total. The lowest BCUT2D eigenvalue weighted by Gasteiger charge is -2.26.